The molecule has 0 aromatic heterocycles. The second kappa shape index (κ2) is 6.87. The third kappa shape index (κ3) is 3.68. The lowest BCUT2D eigenvalue weighted by atomic mass is 10.0. The Morgan fingerprint density at radius 3 is 2.60 bits per heavy atom. The van der Waals surface area contributed by atoms with Crippen molar-refractivity contribution < 1.29 is 9.94 Å². The molecule has 2 aromatic carbocycles. The first-order valence-electron chi connectivity index (χ1n) is 6.62. The van der Waals surface area contributed by atoms with Gasteiger partial charge in [0.15, 0.2) is 0 Å². The van der Waals surface area contributed by atoms with Crippen molar-refractivity contribution in [2.75, 3.05) is 0 Å². The van der Waals surface area contributed by atoms with Gasteiger partial charge in [-0.25, -0.2) is 0 Å². The highest BCUT2D eigenvalue weighted by molar-refractivity contribution is 5.98. The van der Waals surface area contributed by atoms with Gasteiger partial charge < -0.3 is 9.94 Å². The summed E-state index contributed by atoms with van der Waals surface area (Å²) in [6.07, 6.45) is 0. The van der Waals surface area contributed by atoms with Crippen LogP contribution < -0.4 is 0 Å². The van der Waals surface area contributed by atoms with Gasteiger partial charge in [-0.1, -0.05) is 47.6 Å². The molecule has 0 bridgehead atoms. The molecule has 3 nitrogen and oxygen atoms in total. The monoisotopic (exact) mass is 269 g/mol. The van der Waals surface area contributed by atoms with Gasteiger partial charge in [0.2, 0.25) is 0 Å². The van der Waals surface area contributed by atoms with E-state index in [9.17, 15) is 5.11 Å². The average molecular weight is 269 g/mol. The third-order valence-corrected chi connectivity index (χ3v) is 3.21. The standard InChI is InChI=1S/C17H19NO2/c1-13-8-9-16(10-17(13)11-19)14(2)18-20-12-15-6-4-3-5-7-15/h3-10,19H,11-12H2,1-2H3. The highest BCUT2D eigenvalue weighted by Crippen LogP contribution is 2.12. The van der Waals surface area contributed by atoms with Crippen LogP contribution in [-0.4, -0.2) is 10.8 Å². The van der Waals surface area contributed by atoms with Crippen LogP contribution in [0.4, 0.5) is 0 Å². The maximum absolute atomic E-state index is 9.28. The van der Waals surface area contributed by atoms with E-state index in [4.69, 9.17) is 4.84 Å². The number of benzene rings is 2. The fraction of sp³-hybridized carbons (Fsp3) is 0.235. The normalized spacial score (nSPS) is 11.4. The topological polar surface area (TPSA) is 41.8 Å². The molecule has 0 amide bonds. The van der Waals surface area contributed by atoms with E-state index in [0.29, 0.717) is 6.61 Å². The van der Waals surface area contributed by atoms with Crippen LogP contribution in [0.3, 0.4) is 0 Å². The van der Waals surface area contributed by atoms with Gasteiger partial charge in [0.05, 0.1) is 12.3 Å². The minimum absolute atomic E-state index is 0.0395. The van der Waals surface area contributed by atoms with Crippen LogP contribution in [0.1, 0.15) is 29.2 Å². The quantitative estimate of drug-likeness (QED) is 0.667. The summed E-state index contributed by atoms with van der Waals surface area (Å²) in [6.45, 7) is 4.37. The summed E-state index contributed by atoms with van der Waals surface area (Å²) in [4.78, 5) is 5.37. The van der Waals surface area contributed by atoms with Crippen LogP contribution in [0.25, 0.3) is 0 Å². The summed E-state index contributed by atoms with van der Waals surface area (Å²) in [6, 6.07) is 15.8. The summed E-state index contributed by atoms with van der Waals surface area (Å²) in [7, 11) is 0. The smallest absolute Gasteiger partial charge is 0.142 e. The second-order valence-electron chi connectivity index (χ2n) is 4.74. The average Bonchev–Trinajstić information content (AvgIpc) is 2.48. The maximum atomic E-state index is 9.28. The molecule has 0 saturated carbocycles. The zero-order valence-corrected chi connectivity index (χ0v) is 11.8. The van der Waals surface area contributed by atoms with Crippen molar-refractivity contribution in [1.82, 2.24) is 0 Å². The molecule has 0 radical (unpaired) electrons. The van der Waals surface area contributed by atoms with Crippen LogP contribution in [0.5, 0.6) is 0 Å². The van der Waals surface area contributed by atoms with Crippen LogP contribution in [-0.2, 0) is 18.1 Å². The highest BCUT2D eigenvalue weighted by Gasteiger charge is 2.02. The molecule has 2 rings (SSSR count). The Kier molecular flexibility index (Phi) is 4.91. The van der Waals surface area contributed by atoms with Crippen molar-refractivity contribution in [1.29, 1.82) is 0 Å². The molecular formula is C17H19NO2. The number of aliphatic hydroxyl groups excluding tert-OH is 1. The molecule has 104 valence electrons. The van der Waals surface area contributed by atoms with Crippen LogP contribution >= 0.6 is 0 Å². The fourth-order valence-electron chi connectivity index (χ4n) is 1.90. The second-order valence-corrected chi connectivity index (χ2v) is 4.74. The number of rotatable bonds is 5. The van der Waals surface area contributed by atoms with E-state index in [-0.39, 0.29) is 6.61 Å². The minimum atomic E-state index is 0.0395. The number of aliphatic hydroxyl groups is 1. The SMILES string of the molecule is CC(=NOCc1ccccc1)c1ccc(C)c(CO)c1. The Bertz CT molecular complexity index is 591. The molecule has 20 heavy (non-hydrogen) atoms. The predicted molar refractivity (Wildman–Crippen MR) is 80.5 cm³/mol. The van der Waals surface area contributed by atoms with E-state index in [1.165, 1.54) is 0 Å². The number of hydrogen-bond donors (Lipinski definition) is 1. The first-order valence-corrected chi connectivity index (χ1v) is 6.62. The zero-order chi connectivity index (χ0) is 14.4. The Hall–Kier alpha value is -2.13. The molecule has 0 fully saturated rings. The maximum Gasteiger partial charge on any atom is 0.142 e. The van der Waals surface area contributed by atoms with Gasteiger partial charge in [-0.15, -0.1) is 0 Å². The molecule has 0 aliphatic rings. The van der Waals surface area contributed by atoms with Gasteiger partial charge in [-0.3, -0.25) is 0 Å². The van der Waals surface area contributed by atoms with Crippen molar-refractivity contribution >= 4 is 5.71 Å². The van der Waals surface area contributed by atoms with E-state index in [1.54, 1.807) is 0 Å². The number of aryl methyl sites for hydroxylation is 1. The fourth-order valence-corrected chi connectivity index (χ4v) is 1.90. The molecule has 2 aromatic rings. The van der Waals surface area contributed by atoms with Crippen molar-refractivity contribution in [3.05, 3.63) is 70.8 Å². The molecule has 0 heterocycles. The van der Waals surface area contributed by atoms with Crippen molar-refractivity contribution in [3.63, 3.8) is 0 Å². The zero-order valence-electron chi connectivity index (χ0n) is 11.8. The van der Waals surface area contributed by atoms with E-state index in [2.05, 4.69) is 5.16 Å². The lowest BCUT2D eigenvalue weighted by Crippen LogP contribution is -1.99. The van der Waals surface area contributed by atoms with Gasteiger partial charge in [0, 0.05) is 0 Å². The van der Waals surface area contributed by atoms with Gasteiger partial charge in [-0.2, -0.15) is 0 Å². The van der Waals surface area contributed by atoms with Crippen molar-refractivity contribution in [2.45, 2.75) is 27.1 Å². The van der Waals surface area contributed by atoms with Crippen LogP contribution in [0.2, 0.25) is 0 Å². The van der Waals surface area contributed by atoms with Crippen molar-refractivity contribution in [2.24, 2.45) is 5.16 Å². The molecule has 0 unspecified atom stereocenters. The Morgan fingerprint density at radius 1 is 1.15 bits per heavy atom. The van der Waals surface area contributed by atoms with Gasteiger partial charge in [0.1, 0.15) is 6.61 Å². The highest BCUT2D eigenvalue weighted by atomic mass is 16.6. The first kappa shape index (κ1) is 14.3. The molecule has 3 heteroatoms. The van der Waals surface area contributed by atoms with Gasteiger partial charge in [-0.05, 0) is 42.2 Å². The summed E-state index contributed by atoms with van der Waals surface area (Å²) < 4.78 is 0. The largest absolute Gasteiger partial charge is 0.392 e. The lowest BCUT2D eigenvalue weighted by molar-refractivity contribution is 0.130. The molecule has 0 atom stereocenters. The van der Waals surface area contributed by atoms with Crippen molar-refractivity contribution in [3.8, 4) is 0 Å². The van der Waals surface area contributed by atoms with Crippen LogP contribution in [0.15, 0.2) is 53.7 Å². The van der Waals surface area contributed by atoms with Gasteiger partial charge >= 0.3 is 0 Å². The molecule has 1 N–H and O–H groups in total. The van der Waals surface area contributed by atoms with E-state index < -0.39 is 0 Å². The Labute approximate surface area is 119 Å². The van der Waals surface area contributed by atoms with Gasteiger partial charge in [0.25, 0.3) is 0 Å². The lowest BCUT2D eigenvalue weighted by Gasteiger charge is -2.07. The molecular weight excluding hydrogens is 250 g/mol. The third-order valence-electron chi connectivity index (χ3n) is 3.21. The summed E-state index contributed by atoms with van der Waals surface area (Å²) in [5, 5.41) is 13.4. The van der Waals surface area contributed by atoms with E-state index in [0.717, 1.165) is 28.0 Å². The number of hydrogen-bond acceptors (Lipinski definition) is 3. The summed E-state index contributed by atoms with van der Waals surface area (Å²) in [5.41, 5.74) is 4.85. The summed E-state index contributed by atoms with van der Waals surface area (Å²) >= 11 is 0. The predicted octanol–water partition coefficient (Wildman–Crippen LogP) is 3.43. The molecule has 0 aliphatic heterocycles. The summed E-state index contributed by atoms with van der Waals surface area (Å²) in [5.74, 6) is 0. The Balaban J connectivity index is 2.03. The Morgan fingerprint density at radius 2 is 1.90 bits per heavy atom. The van der Waals surface area contributed by atoms with E-state index in [1.807, 2.05) is 62.4 Å². The molecule has 0 saturated heterocycles. The number of oxime groups is 1. The molecule has 0 spiro atoms. The van der Waals surface area contributed by atoms with Crippen LogP contribution in [0, 0.1) is 6.92 Å². The van der Waals surface area contributed by atoms with E-state index >= 15 is 0 Å². The minimum Gasteiger partial charge on any atom is -0.392 e. The molecule has 0 aliphatic carbocycles. The first-order chi connectivity index (χ1) is 9.70. The number of nitrogens with zero attached hydrogens (tertiary/aromatic N) is 1.